The predicted molar refractivity (Wildman–Crippen MR) is 116 cm³/mol. The Morgan fingerprint density at radius 1 is 0.933 bits per heavy atom. The Hall–Kier alpha value is -3.41. The maximum Gasteiger partial charge on any atom is 0.409 e. The van der Waals surface area contributed by atoms with E-state index in [1.54, 1.807) is 4.90 Å². The van der Waals surface area contributed by atoms with Crippen LogP contribution in [0.1, 0.15) is 22.3 Å². The molecule has 0 aliphatic carbocycles. The second kappa shape index (κ2) is 8.53. The molecule has 154 valence electrons. The van der Waals surface area contributed by atoms with Crippen LogP contribution in [0.15, 0.2) is 54.6 Å². The van der Waals surface area contributed by atoms with Crippen LogP contribution in [-0.4, -0.2) is 60.1 Å². The molecule has 6 heteroatoms. The van der Waals surface area contributed by atoms with Gasteiger partial charge < -0.3 is 14.5 Å². The molecule has 2 amide bonds. The lowest BCUT2D eigenvalue weighted by Gasteiger charge is -2.22. The van der Waals surface area contributed by atoms with Crippen LogP contribution in [0.5, 0.6) is 0 Å². The van der Waals surface area contributed by atoms with Gasteiger partial charge in [-0.15, -0.1) is 0 Å². The molecule has 2 aromatic carbocycles. The van der Waals surface area contributed by atoms with Crippen molar-refractivity contribution < 1.29 is 14.3 Å². The smallest absolute Gasteiger partial charge is 0.409 e. The molecule has 1 fully saturated rings. The summed E-state index contributed by atoms with van der Waals surface area (Å²) in [4.78, 5) is 33.6. The maximum atomic E-state index is 13.5. The largest absolute Gasteiger partial charge is 0.453 e. The molecule has 0 bridgehead atoms. The monoisotopic (exact) mass is 403 g/mol. The molecule has 0 spiro atoms. The summed E-state index contributed by atoms with van der Waals surface area (Å²) in [5.74, 6) is -0.0336. The number of nitrogens with zero attached hydrogens (tertiary/aromatic N) is 3. The first-order chi connectivity index (χ1) is 14.6. The van der Waals surface area contributed by atoms with Crippen molar-refractivity contribution in [3.05, 3.63) is 65.7 Å². The molecule has 0 radical (unpaired) electrons. The van der Waals surface area contributed by atoms with Crippen molar-refractivity contribution in [3.8, 4) is 11.3 Å². The van der Waals surface area contributed by atoms with Crippen LogP contribution in [0.3, 0.4) is 0 Å². The molecule has 4 rings (SSSR count). The van der Waals surface area contributed by atoms with Crippen LogP contribution >= 0.6 is 0 Å². The number of ether oxygens (including phenoxy) is 1. The summed E-state index contributed by atoms with van der Waals surface area (Å²) in [6.07, 6.45) is 0.370. The number of carbonyl (C=O) groups is 2. The molecule has 1 aliphatic rings. The van der Waals surface area contributed by atoms with Gasteiger partial charge in [0.15, 0.2) is 0 Å². The number of hydrogen-bond acceptors (Lipinski definition) is 4. The SMILES string of the molecule is COC(=O)N1CCCN(C(=O)c2cc(-c3ccc(C)cc3)nc3ccccc23)CC1. The first-order valence-electron chi connectivity index (χ1n) is 10.2. The molecule has 6 nitrogen and oxygen atoms in total. The fourth-order valence-electron chi connectivity index (χ4n) is 3.83. The van der Waals surface area contributed by atoms with E-state index in [2.05, 4.69) is 0 Å². The molecule has 2 heterocycles. The fraction of sp³-hybridized carbons (Fsp3) is 0.292. The Bertz CT molecular complexity index is 1080. The van der Waals surface area contributed by atoms with Crippen molar-refractivity contribution in [2.45, 2.75) is 13.3 Å². The van der Waals surface area contributed by atoms with Gasteiger partial charge in [-0.2, -0.15) is 0 Å². The van der Waals surface area contributed by atoms with Gasteiger partial charge in [0, 0.05) is 37.1 Å². The molecule has 0 unspecified atom stereocenters. The number of benzene rings is 2. The van der Waals surface area contributed by atoms with Gasteiger partial charge in [0.05, 0.1) is 23.9 Å². The van der Waals surface area contributed by atoms with Crippen molar-refractivity contribution in [2.75, 3.05) is 33.3 Å². The number of carbonyl (C=O) groups excluding carboxylic acids is 2. The van der Waals surface area contributed by atoms with Crippen LogP contribution in [0.4, 0.5) is 4.79 Å². The van der Waals surface area contributed by atoms with E-state index >= 15 is 0 Å². The average molecular weight is 403 g/mol. The van der Waals surface area contributed by atoms with Crippen molar-refractivity contribution >= 4 is 22.9 Å². The molecule has 1 aliphatic heterocycles. The topological polar surface area (TPSA) is 62.7 Å². The highest BCUT2D eigenvalue weighted by Gasteiger charge is 2.25. The number of aromatic nitrogens is 1. The van der Waals surface area contributed by atoms with Crippen LogP contribution in [0.25, 0.3) is 22.2 Å². The number of para-hydroxylation sites is 1. The summed E-state index contributed by atoms with van der Waals surface area (Å²) in [6.45, 7) is 4.17. The minimum absolute atomic E-state index is 0.0336. The zero-order valence-electron chi connectivity index (χ0n) is 17.3. The quantitative estimate of drug-likeness (QED) is 0.646. The third-order valence-corrected chi connectivity index (χ3v) is 5.51. The lowest BCUT2D eigenvalue weighted by atomic mass is 10.0. The third kappa shape index (κ3) is 3.99. The van der Waals surface area contributed by atoms with E-state index in [-0.39, 0.29) is 12.0 Å². The van der Waals surface area contributed by atoms with Crippen molar-refractivity contribution in [1.29, 1.82) is 0 Å². The second-order valence-corrected chi connectivity index (χ2v) is 7.54. The van der Waals surface area contributed by atoms with Crippen molar-refractivity contribution in [1.82, 2.24) is 14.8 Å². The molecular formula is C24H25N3O3. The average Bonchev–Trinajstić information content (AvgIpc) is 3.04. The van der Waals surface area contributed by atoms with Gasteiger partial charge in [-0.3, -0.25) is 4.79 Å². The maximum absolute atomic E-state index is 13.5. The third-order valence-electron chi connectivity index (χ3n) is 5.51. The van der Waals surface area contributed by atoms with Crippen LogP contribution in [-0.2, 0) is 4.74 Å². The molecule has 3 aromatic rings. The lowest BCUT2D eigenvalue weighted by molar-refractivity contribution is 0.0759. The molecule has 1 aromatic heterocycles. The Balaban J connectivity index is 1.69. The van der Waals surface area contributed by atoms with E-state index in [4.69, 9.17) is 9.72 Å². The molecule has 30 heavy (non-hydrogen) atoms. The van der Waals surface area contributed by atoms with E-state index < -0.39 is 0 Å². The molecule has 1 saturated heterocycles. The minimum Gasteiger partial charge on any atom is -0.453 e. The van der Waals surface area contributed by atoms with Crippen LogP contribution in [0.2, 0.25) is 0 Å². The fourth-order valence-corrected chi connectivity index (χ4v) is 3.83. The number of fused-ring (bicyclic) bond motifs is 1. The van der Waals surface area contributed by atoms with Crippen molar-refractivity contribution in [3.63, 3.8) is 0 Å². The zero-order chi connectivity index (χ0) is 21.1. The summed E-state index contributed by atoms with van der Waals surface area (Å²) < 4.78 is 4.83. The standard InChI is InChI=1S/C24H25N3O3/c1-17-8-10-18(11-9-17)22-16-20(19-6-3-4-7-21(19)25-22)23(28)26-12-5-13-27(15-14-26)24(29)30-2/h3-4,6-11,16H,5,12-15H2,1-2H3. The van der Waals surface area contributed by atoms with Gasteiger partial charge in [-0.05, 0) is 25.5 Å². The summed E-state index contributed by atoms with van der Waals surface area (Å²) in [5.41, 5.74) is 4.37. The summed E-state index contributed by atoms with van der Waals surface area (Å²) >= 11 is 0. The Kier molecular flexibility index (Phi) is 5.65. The number of aryl methyl sites for hydroxylation is 1. The highest BCUT2D eigenvalue weighted by molar-refractivity contribution is 6.07. The number of hydrogen-bond donors (Lipinski definition) is 0. The van der Waals surface area contributed by atoms with E-state index in [0.717, 1.165) is 22.2 Å². The van der Waals surface area contributed by atoms with E-state index in [0.29, 0.717) is 38.2 Å². The van der Waals surface area contributed by atoms with Gasteiger partial charge in [0.1, 0.15) is 0 Å². The number of amides is 2. The second-order valence-electron chi connectivity index (χ2n) is 7.54. The molecular weight excluding hydrogens is 378 g/mol. The minimum atomic E-state index is -0.347. The van der Waals surface area contributed by atoms with E-state index in [1.165, 1.54) is 12.7 Å². The summed E-state index contributed by atoms with van der Waals surface area (Å²) in [5, 5.41) is 0.840. The van der Waals surface area contributed by atoms with Crippen LogP contribution < -0.4 is 0 Å². The predicted octanol–water partition coefficient (Wildman–Crippen LogP) is 4.12. The number of pyridine rings is 1. The van der Waals surface area contributed by atoms with Gasteiger partial charge in [-0.1, -0.05) is 48.0 Å². The lowest BCUT2D eigenvalue weighted by Crippen LogP contribution is -2.37. The highest BCUT2D eigenvalue weighted by atomic mass is 16.5. The van der Waals surface area contributed by atoms with Gasteiger partial charge in [0.25, 0.3) is 5.91 Å². The van der Waals surface area contributed by atoms with Gasteiger partial charge >= 0.3 is 6.09 Å². The Morgan fingerprint density at radius 2 is 1.63 bits per heavy atom. The first-order valence-corrected chi connectivity index (χ1v) is 10.2. The highest BCUT2D eigenvalue weighted by Crippen LogP contribution is 2.26. The van der Waals surface area contributed by atoms with Gasteiger partial charge in [0.2, 0.25) is 0 Å². The molecule has 0 N–H and O–H groups in total. The number of methoxy groups -OCH3 is 1. The van der Waals surface area contributed by atoms with E-state index in [9.17, 15) is 9.59 Å². The van der Waals surface area contributed by atoms with E-state index in [1.807, 2.05) is 66.4 Å². The van der Waals surface area contributed by atoms with Crippen molar-refractivity contribution in [2.24, 2.45) is 0 Å². The normalized spacial score (nSPS) is 14.5. The first kappa shape index (κ1) is 19.9. The summed E-state index contributed by atoms with van der Waals surface area (Å²) in [7, 11) is 1.38. The Labute approximate surface area is 176 Å². The van der Waals surface area contributed by atoms with Gasteiger partial charge in [-0.25, -0.2) is 9.78 Å². The molecule has 0 saturated carbocycles. The Morgan fingerprint density at radius 3 is 2.40 bits per heavy atom. The number of rotatable bonds is 2. The van der Waals surface area contributed by atoms with Crippen LogP contribution in [0, 0.1) is 6.92 Å². The summed E-state index contributed by atoms with van der Waals surface area (Å²) in [6, 6.07) is 17.8. The zero-order valence-corrected chi connectivity index (χ0v) is 17.3. The molecule has 0 atom stereocenters.